The maximum Gasteiger partial charge on any atom is 0.259 e. The summed E-state index contributed by atoms with van der Waals surface area (Å²) in [7, 11) is 0. The van der Waals surface area contributed by atoms with Gasteiger partial charge in [0.05, 0.1) is 12.2 Å². The third-order valence-electron chi connectivity index (χ3n) is 3.78. The molecule has 0 spiro atoms. The zero-order chi connectivity index (χ0) is 17.1. The Labute approximate surface area is 144 Å². The van der Waals surface area contributed by atoms with E-state index in [1.165, 1.54) is 6.07 Å². The van der Waals surface area contributed by atoms with Crippen molar-refractivity contribution in [1.82, 2.24) is 0 Å². The number of hydrogen-bond acceptors (Lipinski definition) is 3. The van der Waals surface area contributed by atoms with Gasteiger partial charge in [0, 0.05) is 16.3 Å². The van der Waals surface area contributed by atoms with Gasteiger partial charge in [0.15, 0.2) is 0 Å². The lowest BCUT2D eigenvalue weighted by Gasteiger charge is -2.13. The number of halogens is 1. The molecule has 1 fully saturated rings. The minimum atomic E-state index is -0.593. The first kappa shape index (κ1) is 16.3. The second-order valence-electron chi connectivity index (χ2n) is 5.79. The molecular formula is C18H17ClN2O3. The molecule has 5 nitrogen and oxygen atoms in total. The molecule has 0 atom stereocenters. The molecule has 1 aliphatic carbocycles. The highest BCUT2D eigenvalue weighted by molar-refractivity contribution is 6.30. The molecule has 2 aromatic carbocycles. The van der Waals surface area contributed by atoms with E-state index in [0.29, 0.717) is 29.0 Å². The molecule has 3 N–H and O–H groups in total. The molecule has 2 amide bonds. The second-order valence-corrected chi connectivity index (χ2v) is 6.23. The zero-order valence-electron chi connectivity index (χ0n) is 12.9. The fourth-order valence-corrected chi connectivity index (χ4v) is 2.34. The summed E-state index contributed by atoms with van der Waals surface area (Å²) in [5.41, 5.74) is 6.45. The molecule has 1 saturated carbocycles. The van der Waals surface area contributed by atoms with Gasteiger partial charge < -0.3 is 15.8 Å². The summed E-state index contributed by atoms with van der Waals surface area (Å²) in [5, 5.41) is 3.35. The first-order valence-electron chi connectivity index (χ1n) is 7.66. The molecule has 0 bridgehead atoms. The molecule has 6 heteroatoms. The lowest BCUT2D eigenvalue weighted by atomic mass is 10.1. The van der Waals surface area contributed by atoms with Gasteiger partial charge in [0.2, 0.25) is 5.91 Å². The van der Waals surface area contributed by atoms with Crippen molar-refractivity contribution in [3.63, 3.8) is 0 Å². The number of hydrogen-bond donors (Lipinski definition) is 2. The highest BCUT2D eigenvalue weighted by Crippen LogP contribution is 2.31. The minimum Gasteiger partial charge on any atom is -0.492 e. The Morgan fingerprint density at radius 2 is 1.88 bits per heavy atom. The Kier molecular flexibility index (Phi) is 4.71. The van der Waals surface area contributed by atoms with Crippen molar-refractivity contribution in [1.29, 1.82) is 0 Å². The Hall–Kier alpha value is -2.53. The van der Waals surface area contributed by atoms with Gasteiger partial charge in [-0.15, -0.1) is 0 Å². The molecule has 24 heavy (non-hydrogen) atoms. The van der Waals surface area contributed by atoms with Crippen molar-refractivity contribution in [2.24, 2.45) is 11.7 Å². The summed E-state index contributed by atoms with van der Waals surface area (Å²) in [6.07, 6.45) is 2.29. The number of anilines is 1. The van der Waals surface area contributed by atoms with Crippen molar-refractivity contribution in [2.75, 3.05) is 11.9 Å². The van der Waals surface area contributed by atoms with Crippen LogP contribution >= 0.6 is 11.6 Å². The third-order valence-corrected chi connectivity index (χ3v) is 4.03. The number of rotatable bonds is 6. The molecule has 0 saturated heterocycles. The number of carbonyl (C=O) groups is 2. The lowest BCUT2D eigenvalue weighted by Crippen LogP contribution is -2.17. The van der Waals surface area contributed by atoms with Gasteiger partial charge in [-0.05, 0) is 61.2 Å². The van der Waals surface area contributed by atoms with Crippen LogP contribution in [0, 0.1) is 5.92 Å². The number of nitrogens with one attached hydrogen (secondary N) is 1. The fourth-order valence-electron chi connectivity index (χ4n) is 2.21. The van der Waals surface area contributed by atoms with Crippen LogP contribution in [-0.4, -0.2) is 18.4 Å². The van der Waals surface area contributed by atoms with E-state index in [0.717, 1.165) is 12.8 Å². The van der Waals surface area contributed by atoms with E-state index in [4.69, 9.17) is 22.1 Å². The normalized spacial score (nSPS) is 13.4. The van der Waals surface area contributed by atoms with Gasteiger partial charge in [0.1, 0.15) is 5.75 Å². The summed E-state index contributed by atoms with van der Waals surface area (Å²) in [6, 6.07) is 11.4. The van der Waals surface area contributed by atoms with Crippen LogP contribution in [0.25, 0.3) is 0 Å². The highest BCUT2D eigenvalue weighted by atomic mass is 35.5. The van der Waals surface area contributed by atoms with E-state index in [1.54, 1.807) is 36.4 Å². The van der Waals surface area contributed by atoms with Crippen LogP contribution in [0.1, 0.15) is 33.6 Å². The van der Waals surface area contributed by atoms with E-state index in [1.807, 2.05) is 0 Å². The second kappa shape index (κ2) is 6.93. The maximum atomic E-state index is 12.6. The molecule has 1 aliphatic rings. The smallest absolute Gasteiger partial charge is 0.259 e. The summed E-state index contributed by atoms with van der Waals surface area (Å²) < 4.78 is 5.74. The van der Waals surface area contributed by atoms with E-state index < -0.39 is 5.91 Å². The van der Waals surface area contributed by atoms with Crippen molar-refractivity contribution in [3.8, 4) is 5.75 Å². The average molecular weight is 345 g/mol. The molecule has 0 aliphatic heterocycles. The highest BCUT2D eigenvalue weighted by Gasteiger charge is 2.23. The number of primary amides is 1. The fraction of sp³-hybridized carbons (Fsp3) is 0.222. The topological polar surface area (TPSA) is 81.4 Å². The van der Waals surface area contributed by atoms with E-state index in [9.17, 15) is 9.59 Å². The summed E-state index contributed by atoms with van der Waals surface area (Å²) >= 11 is 5.84. The summed E-state index contributed by atoms with van der Waals surface area (Å²) in [4.78, 5) is 24.0. The van der Waals surface area contributed by atoms with E-state index in [2.05, 4.69) is 5.32 Å². The average Bonchev–Trinajstić information content (AvgIpc) is 3.39. The standard InChI is InChI=1S/C18H17ClN2O3/c19-13-4-6-14(7-5-13)21-18(23)15-9-12(17(20)22)3-8-16(15)24-10-11-1-2-11/h3-9,11H,1-2,10H2,(H2,20,22)(H,21,23). The predicted molar refractivity (Wildman–Crippen MR) is 92.6 cm³/mol. The van der Waals surface area contributed by atoms with Gasteiger partial charge in [0.25, 0.3) is 5.91 Å². The molecular weight excluding hydrogens is 328 g/mol. The lowest BCUT2D eigenvalue weighted by molar-refractivity contribution is 0.1000. The maximum absolute atomic E-state index is 12.6. The van der Waals surface area contributed by atoms with Crippen LogP contribution in [0.3, 0.4) is 0 Å². The number of amides is 2. The molecule has 0 unspecified atom stereocenters. The van der Waals surface area contributed by atoms with Crippen LogP contribution in [0.4, 0.5) is 5.69 Å². The Bertz CT molecular complexity index is 770. The number of carbonyl (C=O) groups excluding carboxylic acids is 2. The predicted octanol–water partition coefficient (Wildman–Crippen LogP) is 3.48. The largest absolute Gasteiger partial charge is 0.492 e. The third kappa shape index (κ3) is 4.06. The van der Waals surface area contributed by atoms with Crippen LogP contribution in [-0.2, 0) is 0 Å². The van der Waals surface area contributed by atoms with Gasteiger partial charge >= 0.3 is 0 Å². The van der Waals surface area contributed by atoms with Gasteiger partial charge in [-0.1, -0.05) is 11.6 Å². The Morgan fingerprint density at radius 1 is 1.17 bits per heavy atom. The monoisotopic (exact) mass is 344 g/mol. The van der Waals surface area contributed by atoms with Crippen molar-refractivity contribution in [3.05, 3.63) is 58.6 Å². The first-order valence-corrected chi connectivity index (χ1v) is 8.04. The van der Waals surface area contributed by atoms with Gasteiger partial charge in [-0.3, -0.25) is 9.59 Å². The molecule has 0 heterocycles. The van der Waals surface area contributed by atoms with Crippen molar-refractivity contribution >= 4 is 29.1 Å². The number of benzene rings is 2. The summed E-state index contributed by atoms with van der Waals surface area (Å²) in [6.45, 7) is 0.567. The number of ether oxygens (including phenoxy) is 1. The summed E-state index contributed by atoms with van der Waals surface area (Å²) in [5.74, 6) is 0.0295. The molecule has 0 aromatic heterocycles. The van der Waals surface area contributed by atoms with Crippen LogP contribution in [0.15, 0.2) is 42.5 Å². The van der Waals surface area contributed by atoms with Crippen LogP contribution < -0.4 is 15.8 Å². The molecule has 0 radical (unpaired) electrons. The molecule has 2 aromatic rings. The van der Waals surface area contributed by atoms with Crippen molar-refractivity contribution < 1.29 is 14.3 Å². The van der Waals surface area contributed by atoms with Crippen LogP contribution in [0.5, 0.6) is 5.75 Å². The van der Waals surface area contributed by atoms with Crippen molar-refractivity contribution in [2.45, 2.75) is 12.8 Å². The SMILES string of the molecule is NC(=O)c1ccc(OCC2CC2)c(C(=O)Nc2ccc(Cl)cc2)c1. The minimum absolute atomic E-state index is 0.259. The first-order chi connectivity index (χ1) is 11.5. The van der Waals surface area contributed by atoms with Gasteiger partial charge in [-0.25, -0.2) is 0 Å². The van der Waals surface area contributed by atoms with Crippen LogP contribution in [0.2, 0.25) is 5.02 Å². The Balaban J connectivity index is 1.83. The van der Waals surface area contributed by atoms with E-state index in [-0.39, 0.29) is 17.0 Å². The zero-order valence-corrected chi connectivity index (χ0v) is 13.7. The van der Waals surface area contributed by atoms with Gasteiger partial charge in [-0.2, -0.15) is 0 Å². The quantitative estimate of drug-likeness (QED) is 0.841. The van der Waals surface area contributed by atoms with E-state index >= 15 is 0 Å². The Morgan fingerprint density at radius 3 is 2.50 bits per heavy atom. The molecule has 124 valence electrons. The number of nitrogens with two attached hydrogens (primary N) is 1. The molecule has 3 rings (SSSR count).